The van der Waals surface area contributed by atoms with Crippen LogP contribution in [0.3, 0.4) is 0 Å². The molecule has 1 rings (SSSR count). The number of aldehydes is 1. The first-order chi connectivity index (χ1) is 4.74. The van der Waals surface area contributed by atoms with E-state index in [0.717, 1.165) is 17.4 Å². The molecule has 0 aliphatic rings. The van der Waals surface area contributed by atoms with Crippen LogP contribution in [0.15, 0.2) is 6.07 Å². The van der Waals surface area contributed by atoms with Crippen molar-refractivity contribution in [2.45, 2.75) is 13.8 Å². The molecule has 0 aliphatic heterocycles. The minimum atomic E-state index is 0. The first-order valence-corrected chi connectivity index (χ1v) is 3.05. The molecule has 2 nitrogen and oxygen atoms in total. The van der Waals surface area contributed by atoms with Crippen molar-refractivity contribution in [3.63, 3.8) is 0 Å². The van der Waals surface area contributed by atoms with Crippen LogP contribution in [0.1, 0.15) is 21.6 Å². The number of carbonyl (C=O) groups excluding carboxylic acids is 1. The van der Waals surface area contributed by atoms with Gasteiger partial charge < -0.3 is 9.78 Å². The summed E-state index contributed by atoms with van der Waals surface area (Å²) in [7, 11) is 0. The molecule has 1 aromatic rings. The van der Waals surface area contributed by atoms with E-state index in [1.54, 1.807) is 0 Å². The van der Waals surface area contributed by atoms with Crippen molar-refractivity contribution in [3.8, 4) is 0 Å². The first-order valence-electron chi connectivity index (χ1n) is 3.05. The van der Waals surface area contributed by atoms with Gasteiger partial charge in [-0.05, 0) is 5.69 Å². The third-order valence-electron chi connectivity index (χ3n) is 1.30. The second-order valence-corrected chi connectivity index (χ2v) is 2.24. The topological polar surface area (TPSA) is 30.0 Å². The molecule has 0 aliphatic carbocycles. The van der Waals surface area contributed by atoms with Gasteiger partial charge in [0.05, 0.1) is 0 Å². The molecule has 0 spiro atoms. The van der Waals surface area contributed by atoms with E-state index in [4.69, 9.17) is 0 Å². The van der Waals surface area contributed by atoms with Gasteiger partial charge in [0.15, 0.2) is 0 Å². The minimum absolute atomic E-state index is 0. The fraction of sp³-hybridized carbons (Fsp3) is 0.250. The SMILES string of the molecule is Cc1[c-]nc(C=O)c(C)c1.[W+2]. The number of aromatic nitrogens is 1. The van der Waals surface area contributed by atoms with Crippen LogP contribution < -0.4 is 0 Å². The van der Waals surface area contributed by atoms with Crippen LogP contribution in [0.5, 0.6) is 0 Å². The van der Waals surface area contributed by atoms with E-state index in [-0.39, 0.29) is 21.1 Å². The van der Waals surface area contributed by atoms with Crippen LogP contribution in [0.4, 0.5) is 0 Å². The zero-order valence-electron chi connectivity index (χ0n) is 6.42. The summed E-state index contributed by atoms with van der Waals surface area (Å²) in [4.78, 5) is 14.1. The molecule has 0 unspecified atom stereocenters. The zero-order chi connectivity index (χ0) is 7.56. The Kier molecular flexibility index (Phi) is 4.20. The molecule has 11 heavy (non-hydrogen) atoms. The van der Waals surface area contributed by atoms with E-state index in [1.165, 1.54) is 0 Å². The van der Waals surface area contributed by atoms with E-state index in [0.29, 0.717) is 5.69 Å². The standard InChI is InChI=1S/C8H8NO.W/c1-6-3-7(2)8(5-10)9-4-6;/h3,5H,1-2H3;/q-1;+2. The molecule has 3 heteroatoms. The number of rotatable bonds is 1. The van der Waals surface area contributed by atoms with Crippen LogP contribution >= 0.6 is 0 Å². The average molecular weight is 318 g/mol. The van der Waals surface area contributed by atoms with E-state index in [2.05, 4.69) is 11.2 Å². The van der Waals surface area contributed by atoms with Crippen molar-refractivity contribution in [3.05, 3.63) is 29.1 Å². The van der Waals surface area contributed by atoms with Crippen molar-refractivity contribution in [2.75, 3.05) is 0 Å². The number of carbonyl (C=O) groups is 1. The van der Waals surface area contributed by atoms with Crippen molar-refractivity contribution < 1.29 is 25.9 Å². The summed E-state index contributed by atoms with van der Waals surface area (Å²) in [6.45, 7) is 3.76. The predicted molar refractivity (Wildman–Crippen MR) is 37.9 cm³/mol. The maximum atomic E-state index is 10.3. The van der Waals surface area contributed by atoms with Gasteiger partial charge in [0.25, 0.3) is 0 Å². The summed E-state index contributed by atoms with van der Waals surface area (Å²) in [5.74, 6) is 0. The van der Waals surface area contributed by atoms with E-state index in [9.17, 15) is 4.79 Å². The number of hydrogen-bond acceptors (Lipinski definition) is 2. The maximum Gasteiger partial charge on any atom is 2.00 e. The van der Waals surface area contributed by atoms with Gasteiger partial charge in [-0.1, -0.05) is 20.0 Å². The summed E-state index contributed by atoms with van der Waals surface area (Å²) in [5.41, 5.74) is 2.35. The first kappa shape index (κ1) is 10.5. The number of nitrogens with zero attached hydrogens (tertiary/aromatic N) is 1. The Morgan fingerprint density at radius 2 is 2.18 bits per heavy atom. The van der Waals surface area contributed by atoms with Crippen LogP contribution in [0.2, 0.25) is 0 Å². The van der Waals surface area contributed by atoms with Crippen LogP contribution in [-0.2, 0) is 21.1 Å². The Morgan fingerprint density at radius 1 is 1.55 bits per heavy atom. The molecule has 0 aromatic carbocycles. The fourth-order valence-corrected chi connectivity index (χ4v) is 0.787. The molecular weight excluding hydrogens is 310 g/mol. The van der Waals surface area contributed by atoms with E-state index < -0.39 is 0 Å². The molecule has 1 heterocycles. The third-order valence-corrected chi connectivity index (χ3v) is 1.30. The summed E-state index contributed by atoms with van der Waals surface area (Å²) in [6.07, 6.45) is 3.45. The monoisotopic (exact) mass is 318 g/mol. The summed E-state index contributed by atoms with van der Waals surface area (Å²) < 4.78 is 0. The summed E-state index contributed by atoms with van der Waals surface area (Å²) >= 11 is 0. The van der Waals surface area contributed by atoms with Gasteiger partial charge in [-0.3, -0.25) is 0 Å². The molecule has 0 saturated heterocycles. The largest absolute Gasteiger partial charge is 2.00 e. The molecule has 0 amide bonds. The van der Waals surface area contributed by atoms with Crippen molar-refractivity contribution in [2.24, 2.45) is 0 Å². The Morgan fingerprint density at radius 3 is 2.64 bits per heavy atom. The summed E-state index contributed by atoms with van der Waals surface area (Å²) in [6, 6.07) is 1.89. The molecule has 0 saturated carbocycles. The van der Waals surface area contributed by atoms with Crippen molar-refractivity contribution in [1.82, 2.24) is 4.98 Å². The third kappa shape index (κ3) is 2.55. The molecule has 0 N–H and O–H groups in total. The number of pyridine rings is 1. The Bertz CT molecular complexity index is 260. The normalized spacial score (nSPS) is 8.55. The molecule has 1 aromatic heterocycles. The van der Waals surface area contributed by atoms with Gasteiger partial charge in [-0.2, -0.15) is 6.07 Å². The van der Waals surface area contributed by atoms with E-state index >= 15 is 0 Å². The number of hydrogen-bond donors (Lipinski definition) is 0. The number of aryl methyl sites for hydroxylation is 2. The minimum Gasteiger partial charge on any atom is -0.383 e. The molecule has 0 bridgehead atoms. The second-order valence-electron chi connectivity index (χ2n) is 2.24. The van der Waals surface area contributed by atoms with Gasteiger partial charge in [0, 0.05) is 0 Å². The molecular formula is C8H8NOW+. The van der Waals surface area contributed by atoms with Crippen molar-refractivity contribution >= 4 is 6.29 Å². The zero-order valence-corrected chi connectivity index (χ0v) is 9.35. The molecule has 56 valence electrons. The smallest absolute Gasteiger partial charge is 0.383 e. The van der Waals surface area contributed by atoms with Gasteiger partial charge in [0.2, 0.25) is 0 Å². The van der Waals surface area contributed by atoms with E-state index in [1.807, 2.05) is 19.9 Å². The van der Waals surface area contributed by atoms with Crippen LogP contribution in [-0.4, -0.2) is 11.3 Å². The predicted octanol–water partition coefficient (Wildman–Crippen LogP) is 1.31. The Hall–Kier alpha value is -0.492. The maximum absolute atomic E-state index is 10.3. The Labute approximate surface area is 80.3 Å². The van der Waals surface area contributed by atoms with Gasteiger partial charge >= 0.3 is 21.1 Å². The van der Waals surface area contributed by atoms with Crippen molar-refractivity contribution in [1.29, 1.82) is 0 Å². The quantitative estimate of drug-likeness (QED) is 0.577. The average Bonchev–Trinajstić information content (AvgIpc) is 1.88. The molecule has 0 radical (unpaired) electrons. The molecule has 0 fully saturated rings. The fourth-order valence-electron chi connectivity index (χ4n) is 0.787. The Balaban J connectivity index is 0.000001000. The molecule has 0 atom stereocenters. The second kappa shape index (κ2) is 4.40. The van der Waals surface area contributed by atoms with Crippen LogP contribution in [0, 0.1) is 20.0 Å². The van der Waals surface area contributed by atoms with Gasteiger partial charge in [-0.25, -0.2) is 0 Å². The van der Waals surface area contributed by atoms with Gasteiger partial charge in [0.1, 0.15) is 6.29 Å². The van der Waals surface area contributed by atoms with Gasteiger partial charge in [-0.15, -0.1) is 11.1 Å². The summed E-state index contributed by atoms with van der Waals surface area (Å²) in [5, 5.41) is 0. The van der Waals surface area contributed by atoms with Crippen LogP contribution in [0.25, 0.3) is 0 Å².